The molecule has 1 fully saturated rings. The van der Waals surface area contributed by atoms with E-state index in [1.165, 1.54) is 17.7 Å². The van der Waals surface area contributed by atoms with E-state index in [0.29, 0.717) is 30.8 Å². The summed E-state index contributed by atoms with van der Waals surface area (Å²) in [5.74, 6) is -2.14. The molecule has 7 nitrogen and oxygen atoms in total. The smallest absolute Gasteiger partial charge is 0.254 e. The van der Waals surface area contributed by atoms with Crippen LogP contribution in [0.15, 0.2) is 60.7 Å². The predicted octanol–water partition coefficient (Wildman–Crippen LogP) is 5.00. The number of rotatable bonds is 13. The van der Waals surface area contributed by atoms with E-state index in [1.807, 2.05) is 19.1 Å². The summed E-state index contributed by atoms with van der Waals surface area (Å²) < 4.78 is 33.3. The largest absolute Gasteiger partial charge is 0.390 e. The van der Waals surface area contributed by atoms with Crippen LogP contribution in [0.4, 0.5) is 8.78 Å². The first-order valence-electron chi connectivity index (χ1n) is 14.8. The van der Waals surface area contributed by atoms with Crippen molar-refractivity contribution in [1.82, 2.24) is 15.5 Å². The Morgan fingerprint density at radius 2 is 1.73 bits per heavy atom. The van der Waals surface area contributed by atoms with Gasteiger partial charge < -0.3 is 25.4 Å². The maximum Gasteiger partial charge on any atom is 0.254 e. The SMILES string of the molecule is CCc1cccc(CNC[C@@H](O)[C@H](Cc2cc(F)cc(F)c2)NC(=O)c2cc(C)cc(C(=O)N3CCC[C@@H]3COC)c2)c1.Cl. The maximum atomic E-state index is 14.0. The van der Waals surface area contributed by atoms with E-state index in [9.17, 15) is 23.5 Å². The van der Waals surface area contributed by atoms with Crippen molar-refractivity contribution in [2.75, 3.05) is 26.8 Å². The summed E-state index contributed by atoms with van der Waals surface area (Å²) in [6.45, 7) is 5.59. The van der Waals surface area contributed by atoms with Crippen molar-refractivity contribution in [3.63, 3.8) is 0 Å². The summed E-state index contributed by atoms with van der Waals surface area (Å²) in [6, 6.07) is 15.4. The number of nitrogens with zero attached hydrogens (tertiary/aromatic N) is 1. The first kappa shape index (κ1) is 35.1. The summed E-state index contributed by atoms with van der Waals surface area (Å²) in [7, 11) is 1.61. The highest BCUT2D eigenvalue weighted by Gasteiger charge is 2.30. The van der Waals surface area contributed by atoms with Crippen LogP contribution in [0.1, 0.15) is 62.7 Å². The molecule has 2 amide bonds. The van der Waals surface area contributed by atoms with Crippen LogP contribution in [0.3, 0.4) is 0 Å². The first-order chi connectivity index (χ1) is 20.7. The lowest BCUT2D eigenvalue weighted by molar-refractivity contribution is 0.0630. The monoisotopic (exact) mass is 629 g/mol. The van der Waals surface area contributed by atoms with Crippen molar-refractivity contribution in [3.05, 3.63) is 106 Å². The maximum absolute atomic E-state index is 14.0. The number of ether oxygens (including phenoxy) is 1. The molecule has 10 heteroatoms. The molecule has 3 N–H and O–H groups in total. The number of hydrogen-bond acceptors (Lipinski definition) is 5. The van der Waals surface area contributed by atoms with Gasteiger partial charge in [-0.3, -0.25) is 9.59 Å². The van der Waals surface area contributed by atoms with Crippen molar-refractivity contribution in [2.45, 2.75) is 64.3 Å². The molecule has 238 valence electrons. The molecule has 44 heavy (non-hydrogen) atoms. The Kier molecular flexibility index (Phi) is 13.3. The van der Waals surface area contributed by atoms with Crippen molar-refractivity contribution >= 4 is 24.2 Å². The van der Waals surface area contributed by atoms with Gasteiger partial charge in [-0.15, -0.1) is 12.4 Å². The van der Waals surface area contributed by atoms with E-state index in [2.05, 4.69) is 29.7 Å². The van der Waals surface area contributed by atoms with Crippen molar-refractivity contribution in [2.24, 2.45) is 0 Å². The zero-order chi connectivity index (χ0) is 30.9. The van der Waals surface area contributed by atoms with E-state index in [1.54, 1.807) is 30.2 Å². The molecule has 0 saturated carbocycles. The number of aryl methyl sites for hydroxylation is 2. The molecule has 1 heterocycles. The van der Waals surface area contributed by atoms with Gasteiger partial charge in [0.05, 0.1) is 24.8 Å². The lowest BCUT2D eigenvalue weighted by Gasteiger charge is -2.26. The minimum atomic E-state index is -1.07. The van der Waals surface area contributed by atoms with Gasteiger partial charge >= 0.3 is 0 Å². The Morgan fingerprint density at radius 1 is 1.02 bits per heavy atom. The molecule has 0 spiro atoms. The second-order valence-corrected chi connectivity index (χ2v) is 11.3. The Labute approximate surface area is 264 Å². The Morgan fingerprint density at radius 3 is 2.43 bits per heavy atom. The van der Waals surface area contributed by atoms with Crippen LogP contribution in [-0.2, 0) is 24.1 Å². The molecule has 0 aliphatic carbocycles. The highest BCUT2D eigenvalue weighted by atomic mass is 35.5. The molecule has 1 saturated heterocycles. The van der Waals surface area contributed by atoms with E-state index < -0.39 is 29.7 Å². The highest BCUT2D eigenvalue weighted by molar-refractivity contribution is 6.00. The van der Waals surface area contributed by atoms with Crippen molar-refractivity contribution in [1.29, 1.82) is 0 Å². The third-order valence-corrected chi connectivity index (χ3v) is 7.82. The molecule has 0 bridgehead atoms. The summed E-state index contributed by atoms with van der Waals surface area (Å²) in [4.78, 5) is 28.7. The standard InChI is InChI=1S/C34H41F2N3O4.ClH/c1-4-23-7-5-8-24(13-23)19-37-20-32(40)31(16-25-14-28(35)18-29(36)15-25)38-33(41)26-11-22(2)12-27(17-26)34(42)39-10-6-9-30(39)21-43-3;/h5,7-8,11-15,17-18,30-32,37,40H,4,6,9-10,16,19-21H2,1-3H3,(H,38,41);1H/t30-,31+,32-;/m1./s1. The summed E-state index contributed by atoms with van der Waals surface area (Å²) in [5.41, 5.74) is 3.95. The van der Waals surface area contributed by atoms with Crippen LogP contribution in [0.2, 0.25) is 0 Å². The fourth-order valence-electron chi connectivity index (χ4n) is 5.66. The van der Waals surface area contributed by atoms with Crippen LogP contribution in [0.25, 0.3) is 0 Å². The normalized spacial score (nSPS) is 15.9. The number of aliphatic hydroxyl groups is 1. The molecule has 3 aromatic rings. The van der Waals surface area contributed by atoms with Gasteiger partial charge in [0.2, 0.25) is 0 Å². The Hall–Kier alpha value is -3.37. The third kappa shape index (κ3) is 9.56. The van der Waals surface area contributed by atoms with Gasteiger partial charge in [-0.2, -0.15) is 0 Å². The number of amides is 2. The number of methoxy groups -OCH3 is 1. The molecular weight excluding hydrogens is 588 g/mol. The Balaban J connectivity index is 0.00000529. The van der Waals surface area contributed by atoms with Gasteiger partial charge in [0.1, 0.15) is 11.6 Å². The summed E-state index contributed by atoms with van der Waals surface area (Å²) in [6.07, 6.45) is 1.58. The number of benzene rings is 3. The predicted molar refractivity (Wildman–Crippen MR) is 169 cm³/mol. The number of aliphatic hydroxyl groups excluding tert-OH is 1. The van der Waals surface area contributed by atoms with Gasteiger partial charge in [0.25, 0.3) is 11.8 Å². The van der Waals surface area contributed by atoms with E-state index in [-0.39, 0.29) is 42.9 Å². The molecule has 0 unspecified atom stereocenters. The second-order valence-electron chi connectivity index (χ2n) is 11.3. The quantitative estimate of drug-likeness (QED) is 0.248. The number of carbonyl (C=O) groups excluding carboxylic acids is 2. The minimum absolute atomic E-state index is 0. The van der Waals surface area contributed by atoms with E-state index in [0.717, 1.165) is 36.5 Å². The van der Waals surface area contributed by atoms with E-state index in [4.69, 9.17) is 4.74 Å². The molecular formula is C34H42ClF2N3O4. The fourth-order valence-corrected chi connectivity index (χ4v) is 5.66. The number of hydrogen-bond donors (Lipinski definition) is 3. The number of carbonyl (C=O) groups is 2. The zero-order valence-electron chi connectivity index (χ0n) is 25.4. The van der Waals surface area contributed by atoms with Gasteiger partial charge in [-0.1, -0.05) is 31.2 Å². The summed E-state index contributed by atoms with van der Waals surface area (Å²) in [5, 5.41) is 17.3. The van der Waals surface area contributed by atoms with Gasteiger partial charge in [0.15, 0.2) is 0 Å². The lowest BCUT2D eigenvalue weighted by atomic mass is 9.99. The van der Waals surface area contributed by atoms with Gasteiger partial charge in [0, 0.05) is 43.9 Å². The number of likely N-dealkylation sites (tertiary alicyclic amines) is 1. The molecule has 3 atom stereocenters. The molecule has 3 aromatic carbocycles. The van der Waals surface area contributed by atoms with Crippen molar-refractivity contribution < 1.29 is 28.2 Å². The molecule has 0 radical (unpaired) electrons. The molecule has 4 rings (SSSR count). The van der Waals surface area contributed by atoms with Gasteiger partial charge in [-0.25, -0.2) is 8.78 Å². The first-order valence-corrected chi connectivity index (χ1v) is 14.8. The third-order valence-electron chi connectivity index (χ3n) is 7.82. The number of nitrogens with one attached hydrogen (secondary N) is 2. The highest BCUT2D eigenvalue weighted by Crippen LogP contribution is 2.22. The van der Waals surface area contributed by atoms with Crippen molar-refractivity contribution in [3.8, 4) is 0 Å². The summed E-state index contributed by atoms with van der Waals surface area (Å²) >= 11 is 0. The van der Waals surface area contributed by atoms with Gasteiger partial charge in [-0.05, 0) is 85.2 Å². The average Bonchev–Trinajstić information content (AvgIpc) is 3.44. The lowest BCUT2D eigenvalue weighted by Crippen LogP contribution is -2.48. The fraction of sp³-hybridized carbons (Fsp3) is 0.412. The zero-order valence-corrected chi connectivity index (χ0v) is 26.3. The average molecular weight is 630 g/mol. The van der Waals surface area contributed by atoms with Crippen LogP contribution in [0, 0.1) is 18.6 Å². The van der Waals surface area contributed by atoms with E-state index >= 15 is 0 Å². The number of halogens is 3. The second kappa shape index (κ2) is 16.6. The molecule has 1 aliphatic heterocycles. The molecule has 0 aromatic heterocycles. The van der Waals surface area contributed by atoms with Crippen LogP contribution >= 0.6 is 12.4 Å². The minimum Gasteiger partial charge on any atom is -0.390 e. The van der Waals surface area contributed by atoms with Crippen LogP contribution < -0.4 is 10.6 Å². The topological polar surface area (TPSA) is 90.9 Å². The molecule has 1 aliphatic rings. The van der Waals surface area contributed by atoms with Crippen LogP contribution in [-0.4, -0.2) is 66.8 Å². The Bertz CT molecular complexity index is 1400. The van der Waals surface area contributed by atoms with Crippen LogP contribution in [0.5, 0.6) is 0 Å².